The number of aromatic nitrogens is 2. The first-order valence-electron chi connectivity index (χ1n) is 5.53. The molecule has 0 saturated heterocycles. The van der Waals surface area contributed by atoms with Crippen molar-refractivity contribution in [2.75, 3.05) is 0 Å². The third kappa shape index (κ3) is 3.01. The van der Waals surface area contributed by atoms with Gasteiger partial charge in [-0.05, 0) is 25.1 Å². The van der Waals surface area contributed by atoms with Gasteiger partial charge < -0.3 is 9.84 Å². The Morgan fingerprint density at radius 3 is 2.67 bits per heavy atom. The molecule has 4 nitrogen and oxygen atoms in total. The van der Waals surface area contributed by atoms with Crippen molar-refractivity contribution < 1.29 is 14.2 Å². The van der Waals surface area contributed by atoms with Crippen LogP contribution in [-0.2, 0) is 6.61 Å². The summed E-state index contributed by atoms with van der Waals surface area (Å²) in [5.41, 5.74) is 0.248. The van der Waals surface area contributed by atoms with Crippen LogP contribution in [-0.4, -0.2) is 15.1 Å². The Morgan fingerprint density at radius 1 is 1.33 bits per heavy atom. The van der Waals surface area contributed by atoms with Gasteiger partial charge in [-0.1, -0.05) is 0 Å². The Labute approximate surface area is 104 Å². The normalized spacial score (nSPS) is 12.2. The van der Waals surface area contributed by atoms with Gasteiger partial charge in [0.25, 0.3) is 0 Å². The number of ether oxygens (including phenoxy) is 1. The zero-order valence-corrected chi connectivity index (χ0v) is 9.88. The molecule has 0 saturated carbocycles. The lowest BCUT2D eigenvalue weighted by Gasteiger charge is -2.09. The molecule has 0 aliphatic heterocycles. The molecule has 0 fully saturated rings. The summed E-state index contributed by atoms with van der Waals surface area (Å²) < 4.78 is 18.9. The molecule has 94 valence electrons. The quantitative estimate of drug-likeness (QED) is 0.901. The average molecular weight is 248 g/mol. The molecule has 1 atom stereocenters. The van der Waals surface area contributed by atoms with E-state index < -0.39 is 11.9 Å². The predicted molar refractivity (Wildman–Crippen MR) is 63.4 cm³/mol. The van der Waals surface area contributed by atoms with E-state index in [1.54, 1.807) is 24.5 Å². The van der Waals surface area contributed by atoms with Crippen molar-refractivity contribution in [3.05, 3.63) is 53.9 Å². The predicted octanol–water partition coefficient (Wildman–Crippen LogP) is 2.25. The third-order valence-electron chi connectivity index (χ3n) is 2.41. The van der Waals surface area contributed by atoms with E-state index in [0.717, 1.165) is 0 Å². The smallest absolute Gasteiger partial charge is 0.166 e. The van der Waals surface area contributed by atoms with Crippen molar-refractivity contribution in [1.82, 2.24) is 9.97 Å². The molecule has 0 aliphatic carbocycles. The van der Waals surface area contributed by atoms with Crippen LogP contribution < -0.4 is 4.74 Å². The lowest BCUT2D eigenvalue weighted by molar-refractivity contribution is 0.193. The van der Waals surface area contributed by atoms with Crippen LogP contribution >= 0.6 is 0 Å². The number of hydrogen-bond donors (Lipinski definition) is 1. The minimum atomic E-state index is -0.837. The maximum atomic E-state index is 13.6. The molecule has 1 aromatic heterocycles. The Morgan fingerprint density at radius 2 is 2.06 bits per heavy atom. The van der Waals surface area contributed by atoms with Gasteiger partial charge in [-0.3, -0.25) is 0 Å². The molecule has 1 aromatic carbocycles. The van der Waals surface area contributed by atoms with E-state index in [0.29, 0.717) is 11.6 Å². The molecule has 0 aliphatic rings. The zero-order valence-electron chi connectivity index (χ0n) is 9.88. The molecule has 0 unspecified atom stereocenters. The van der Waals surface area contributed by atoms with Gasteiger partial charge in [0, 0.05) is 24.0 Å². The van der Waals surface area contributed by atoms with Gasteiger partial charge in [0.2, 0.25) is 0 Å². The first-order valence-corrected chi connectivity index (χ1v) is 5.53. The van der Waals surface area contributed by atoms with Gasteiger partial charge in [-0.2, -0.15) is 0 Å². The first-order chi connectivity index (χ1) is 8.66. The molecule has 18 heavy (non-hydrogen) atoms. The van der Waals surface area contributed by atoms with Crippen molar-refractivity contribution in [3.63, 3.8) is 0 Å². The first kappa shape index (κ1) is 12.4. The number of aliphatic hydroxyl groups is 1. The van der Waals surface area contributed by atoms with Crippen LogP contribution in [0.1, 0.15) is 24.4 Å². The van der Waals surface area contributed by atoms with E-state index in [-0.39, 0.29) is 12.2 Å². The second kappa shape index (κ2) is 5.55. The monoisotopic (exact) mass is 248 g/mol. The highest BCUT2D eigenvalue weighted by Gasteiger charge is 2.09. The fourth-order valence-electron chi connectivity index (χ4n) is 1.49. The molecule has 0 spiro atoms. The molecule has 1 heterocycles. The zero-order chi connectivity index (χ0) is 13.0. The lowest BCUT2D eigenvalue weighted by Crippen LogP contribution is -2.02. The minimum Gasteiger partial charge on any atom is -0.486 e. The Kier molecular flexibility index (Phi) is 3.84. The molecule has 0 amide bonds. The average Bonchev–Trinajstić information content (AvgIpc) is 2.37. The standard InChI is InChI=1S/C13H13FN2O2/c1-9(17)11-4-3-10(7-12(11)14)18-8-13-15-5-2-6-16-13/h2-7,9,17H,8H2,1H3/t9-/m1/s1. The summed E-state index contributed by atoms with van der Waals surface area (Å²) in [4.78, 5) is 7.98. The van der Waals surface area contributed by atoms with Gasteiger partial charge in [0.05, 0.1) is 6.10 Å². The third-order valence-corrected chi connectivity index (χ3v) is 2.41. The summed E-state index contributed by atoms with van der Waals surface area (Å²) in [6.07, 6.45) is 2.39. The fourth-order valence-corrected chi connectivity index (χ4v) is 1.49. The van der Waals surface area contributed by atoms with Crippen molar-refractivity contribution >= 4 is 0 Å². The van der Waals surface area contributed by atoms with Crippen molar-refractivity contribution in [1.29, 1.82) is 0 Å². The van der Waals surface area contributed by atoms with Crippen LogP contribution in [0.4, 0.5) is 4.39 Å². The summed E-state index contributed by atoms with van der Waals surface area (Å²) in [6.45, 7) is 1.69. The highest BCUT2D eigenvalue weighted by Crippen LogP contribution is 2.22. The number of benzene rings is 1. The van der Waals surface area contributed by atoms with Crippen LogP contribution in [0, 0.1) is 5.82 Å². The topological polar surface area (TPSA) is 55.2 Å². The number of nitrogens with zero attached hydrogens (tertiary/aromatic N) is 2. The van der Waals surface area contributed by atoms with Gasteiger partial charge in [0.15, 0.2) is 5.82 Å². The fraction of sp³-hybridized carbons (Fsp3) is 0.231. The van der Waals surface area contributed by atoms with Gasteiger partial charge >= 0.3 is 0 Å². The van der Waals surface area contributed by atoms with Crippen LogP contribution in [0.15, 0.2) is 36.7 Å². The second-order valence-electron chi connectivity index (χ2n) is 3.81. The maximum absolute atomic E-state index is 13.6. The largest absolute Gasteiger partial charge is 0.486 e. The highest BCUT2D eigenvalue weighted by atomic mass is 19.1. The number of hydrogen-bond acceptors (Lipinski definition) is 4. The van der Waals surface area contributed by atoms with Crippen LogP contribution in [0.2, 0.25) is 0 Å². The molecule has 5 heteroatoms. The van der Waals surface area contributed by atoms with Gasteiger partial charge in [-0.15, -0.1) is 0 Å². The summed E-state index contributed by atoms with van der Waals surface area (Å²) in [5.74, 6) is 0.415. The van der Waals surface area contributed by atoms with Crippen molar-refractivity contribution in [2.24, 2.45) is 0 Å². The molecule has 2 rings (SSSR count). The number of rotatable bonds is 4. The van der Waals surface area contributed by atoms with E-state index in [1.165, 1.54) is 19.1 Å². The Balaban J connectivity index is 2.05. The summed E-state index contributed by atoms with van der Waals surface area (Å²) in [7, 11) is 0. The van der Waals surface area contributed by atoms with Crippen LogP contribution in [0.3, 0.4) is 0 Å². The van der Waals surface area contributed by atoms with E-state index >= 15 is 0 Å². The van der Waals surface area contributed by atoms with Crippen LogP contribution in [0.5, 0.6) is 5.75 Å². The van der Waals surface area contributed by atoms with E-state index in [4.69, 9.17) is 4.74 Å². The van der Waals surface area contributed by atoms with Crippen molar-refractivity contribution in [2.45, 2.75) is 19.6 Å². The van der Waals surface area contributed by atoms with Crippen LogP contribution in [0.25, 0.3) is 0 Å². The number of halogens is 1. The lowest BCUT2D eigenvalue weighted by atomic mass is 10.1. The number of aliphatic hydroxyl groups excluding tert-OH is 1. The highest BCUT2D eigenvalue weighted by molar-refractivity contribution is 5.30. The molecule has 2 aromatic rings. The Bertz CT molecular complexity index is 518. The van der Waals surface area contributed by atoms with E-state index in [1.807, 2.05) is 0 Å². The second-order valence-corrected chi connectivity index (χ2v) is 3.81. The van der Waals surface area contributed by atoms with Crippen molar-refractivity contribution in [3.8, 4) is 5.75 Å². The minimum absolute atomic E-state index is 0.175. The van der Waals surface area contributed by atoms with Gasteiger partial charge in [0.1, 0.15) is 18.2 Å². The van der Waals surface area contributed by atoms with E-state index in [2.05, 4.69) is 9.97 Å². The molecular formula is C13H13FN2O2. The van der Waals surface area contributed by atoms with Gasteiger partial charge in [-0.25, -0.2) is 14.4 Å². The summed E-state index contributed by atoms with van der Waals surface area (Å²) >= 11 is 0. The summed E-state index contributed by atoms with van der Waals surface area (Å²) in [6, 6.07) is 6.06. The molecular weight excluding hydrogens is 235 g/mol. The maximum Gasteiger partial charge on any atom is 0.166 e. The Hall–Kier alpha value is -2.01. The SMILES string of the molecule is C[C@@H](O)c1ccc(OCc2ncccn2)cc1F. The summed E-state index contributed by atoms with van der Waals surface area (Å²) in [5, 5.41) is 9.30. The molecule has 0 bridgehead atoms. The van der Waals surface area contributed by atoms with E-state index in [9.17, 15) is 9.50 Å². The molecule has 0 radical (unpaired) electrons. The molecule has 1 N–H and O–H groups in total.